The van der Waals surface area contributed by atoms with E-state index in [1.54, 1.807) is 24.3 Å². The third-order valence-electron chi connectivity index (χ3n) is 3.30. The zero-order valence-corrected chi connectivity index (χ0v) is 14.2. The number of carbonyl (C=O) groups is 3. The van der Waals surface area contributed by atoms with Gasteiger partial charge in [0.05, 0.1) is 6.61 Å². The van der Waals surface area contributed by atoms with Crippen molar-refractivity contribution in [1.29, 1.82) is 0 Å². The molecule has 25 heavy (non-hydrogen) atoms. The molecule has 0 radical (unpaired) electrons. The monoisotopic (exact) mass is 352 g/mol. The topological polar surface area (TPSA) is 97.4 Å². The number of rotatable bonds is 5. The average Bonchev–Trinajstić information content (AvgIpc) is 2.52. The fraction of sp³-hybridized carbons (Fsp3) is 0.471. The summed E-state index contributed by atoms with van der Waals surface area (Å²) in [5.74, 6) is -1.32. The zero-order valence-electron chi connectivity index (χ0n) is 14.2. The lowest BCUT2D eigenvalue weighted by atomic mass is 10.0. The molecule has 1 heterocycles. The Morgan fingerprint density at radius 3 is 2.00 bits per heavy atom. The van der Waals surface area contributed by atoms with Crippen LogP contribution in [0.4, 0.5) is 0 Å². The highest BCUT2D eigenvalue weighted by molar-refractivity contribution is 5.68. The largest absolute Gasteiger partial charge is 0.461 e. The minimum absolute atomic E-state index is 0.0766. The first-order valence-corrected chi connectivity index (χ1v) is 7.71. The van der Waals surface area contributed by atoms with E-state index < -0.39 is 42.5 Å². The predicted octanol–water partition coefficient (Wildman–Crippen LogP) is 1.22. The van der Waals surface area contributed by atoms with Crippen LogP contribution in [0.1, 0.15) is 20.8 Å². The highest BCUT2D eigenvalue weighted by Gasteiger charge is 2.48. The van der Waals surface area contributed by atoms with Gasteiger partial charge < -0.3 is 23.7 Å². The molecule has 1 aliphatic heterocycles. The van der Waals surface area contributed by atoms with Crippen LogP contribution < -0.4 is 4.74 Å². The Bertz CT molecular complexity index is 614. The van der Waals surface area contributed by atoms with Crippen LogP contribution in [0, 0.1) is 0 Å². The van der Waals surface area contributed by atoms with Crippen molar-refractivity contribution in [3.8, 4) is 5.75 Å². The average molecular weight is 352 g/mol. The van der Waals surface area contributed by atoms with Gasteiger partial charge in [-0.3, -0.25) is 14.4 Å². The highest BCUT2D eigenvalue weighted by atomic mass is 16.7. The molecular weight excluding hydrogens is 332 g/mol. The fourth-order valence-electron chi connectivity index (χ4n) is 2.44. The van der Waals surface area contributed by atoms with Crippen LogP contribution in [-0.4, -0.2) is 49.1 Å². The van der Waals surface area contributed by atoms with Crippen LogP contribution in [0.25, 0.3) is 0 Å². The summed E-state index contributed by atoms with van der Waals surface area (Å²) >= 11 is 0. The SMILES string of the molecule is CC(=O)O[C@@H]1[C@@H](OC(C)=O)[C@H](Oc2ccccc2)OC[C@@H]1OC(C)=O. The van der Waals surface area contributed by atoms with Crippen LogP contribution in [0.15, 0.2) is 30.3 Å². The molecule has 1 aromatic carbocycles. The van der Waals surface area contributed by atoms with E-state index in [1.807, 2.05) is 6.07 Å². The Morgan fingerprint density at radius 2 is 1.44 bits per heavy atom. The molecule has 8 nitrogen and oxygen atoms in total. The van der Waals surface area contributed by atoms with Crippen molar-refractivity contribution in [2.75, 3.05) is 6.61 Å². The third-order valence-corrected chi connectivity index (χ3v) is 3.30. The molecule has 0 aliphatic carbocycles. The molecule has 1 saturated heterocycles. The second-order valence-electron chi connectivity index (χ2n) is 5.43. The predicted molar refractivity (Wildman–Crippen MR) is 83.5 cm³/mol. The van der Waals surface area contributed by atoms with E-state index >= 15 is 0 Å². The lowest BCUT2D eigenvalue weighted by molar-refractivity contribution is -0.259. The summed E-state index contributed by atoms with van der Waals surface area (Å²) in [6.45, 7) is 3.56. The Labute approximate surface area is 144 Å². The summed E-state index contributed by atoms with van der Waals surface area (Å²) in [5.41, 5.74) is 0. The molecule has 0 amide bonds. The van der Waals surface area contributed by atoms with Gasteiger partial charge in [-0.25, -0.2) is 0 Å². The Balaban J connectivity index is 2.25. The van der Waals surface area contributed by atoms with Crippen LogP contribution in [-0.2, 0) is 33.3 Å². The summed E-state index contributed by atoms with van der Waals surface area (Å²) in [7, 11) is 0. The van der Waals surface area contributed by atoms with Crippen LogP contribution >= 0.6 is 0 Å². The normalized spacial score (nSPS) is 25.6. The van der Waals surface area contributed by atoms with Crippen LogP contribution in [0.3, 0.4) is 0 Å². The number of ether oxygens (including phenoxy) is 5. The zero-order chi connectivity index (χ0) is 18.4. The standard InChI is InChI=1S/C17H20O8/c1-10(18)22-14-9-21-17(25-13-7-5-4-6-8-13)16(24-12(3)20)15(14)23-11(2)19/h4-8,14-17H,9H2,1-3H3/t14-,15-,16+,17-/m0/s1. The Hall–Kier alpha value is -2.61. The number of hydrogen-bond acceptors (Lipinski definition) is 8. The molecular formula is C17H20O8. The van der Waals surface area contributed by atoms with E-state index in [2.05, 4.69) is 0 Å². The molecule has 1 aliphatic rings. The van der Waals surface area contributed by atoms with Gasteiger partial charge in [-0.05, 0) is 12.1 Å². The second kappa shape index (κ2) is 8.48. The van der Waals surface area contributed by atoms with Crippen molar-refractivity contribution in [2.45, 2.75) is 45.4 Å². The third kappa shape index (κ3) is 5.46. The van der Waals surface area contributed by atoms with E-state index in [1.165, 1.54) is 20.8 Å². The summed E-state index contributed by atoms with van der Waals surface area (Å²) in [5, 5.41) is 0. The van der Waals surface area contributed by atoms with Crippen molar-refractivity contribution < 1.29 is 38.1 Å². The van der Waals surface area contributed by atoms with Crippen molar-refractivity contribution in [3.63, 3.8) is 0 Å². The van der Waals surface area contributed by atoms with Gasteiger partial charge in [-0.1, -0.05) is 18.2 Å². The molecule has 4 atom stereocenters. The summed E-state index contributed by atoms with van der Waals surface area (Å²) in [6.07, 6.45) is -4.09. The van der Waals surface area contributed by atoms with Crippen molar-refractivity contribution in [1.82, 2.24) is 0 Å². The number of carbonyl (C=O) groups excluding carboxylic acids is 3. The lowest BCUT2D eigenvalue weighted by Gasteiger charge is -2.40. The summed E-state index contributed by atoms with van der Waals surface area (Å²) < 4.78 is 26.9. The first kappa shape index (κ1) is 18.7. The minimum Gasteiger partial charge on any atom is -0.461 e. The number of hydrogen-bond donors (Lipinski definition) is 0. The van der Waals surface area contributed by atoms with E-state index in [4.69, 9.17) is 23.7 Å². The first-order valence-electron chi connectivity index (χ1n) is 7.71. The van der Waals surface area contributed by atoms with Gasteiger partial charge in [-0.15, -0.1) is 0 Å². The molecule has 0 bridgehead atoms. The van der Waals surface area contributed by atoms with Crippen molar-refractivity contribution in [3.05, 3.63) is 30.3 Å². The summed E-state index contributed by atoms with van der Waals surface area (Å²) in [4.78, 5) is 34.2. The molecule has 0 saturated carbocycles. The van der Waals surface area contributed by atoms with Crippen molar-refractivity contribution >= 4 is 17.9 Å². The van der Waals surface area contributed by atoms with Gasteiger partial charge in [0.1, 0.15) is 5.75 Å². The minimum atomic E-state index is -1.10. The molecule has 2 rings (SSSR count). The Kier molecular flexibility index (Phi) is 6.35. The van der Waals surface area contributed by atoms with Gasteiger partial charge in [0.2, 0.25) is 12.4 Å². The molecule has 1 aromatic rings. The van der Waals surface area contributed by atoms with E-state index in [-0.39, 0.29) is 6.61 Å². The molecule has 0 aromatic heterocycles. The molecule has 0 spiro atoms. The molecule has 8 heteroatoms. The Morgan fingerprint density at radius 1 is 0.880 bits per heavy atom. The van der Waals surface area contributed by atoms with E-state index in [0.717, 1.165) is 0 Å². The maximum atomic E-state index is 11.5. The van der Waals surface area contributed by atoms with Gasteiger partial charge in [0.15, 0.2) is 12.2 Å². The van der Waals surface area contributed by atoms with Crippen molar-refractivity contribution in [2.24, 2.45) is 0 Å². The fourth-order valence-corrected chi connectivity index (χ4v) is 2.44. The maximum Gasteiger partial charge on any atom is 0.303 e. The molecule has 0 unspecified atom stereocenters. The maximum absolute atomic E-state index is 11.5. The molecule has 0 N–H and O–H groups in total. The van der Waals surface area contributed by atoms with Gasteiger partial charge in [0, 0.05) is 20.8 Å². The number of esters is 3. The lowest BCUT2D eigenvalue weighted by Crippen LogP contribution is -2.59. The summed E-state index contributed by atoms with van der Waals surface area (Å²) in [6, 6.07) is 8.76. The van der Waals surface area contributed by atoms with Crippen LogP contribution in [0.5, 0.6) is 5.75 Å². The van der Waals surface area contributed by atoms with E-state index in [9.17, 15) is 14.4 Å². The van der Waals surface area contributed by atoms with Gasteiger partial charge in [0.25, 0.3) is 0 Å². The van der Waals surface area contributed by atoms with Gasteiger partial charge in [-0.2, -0.15) is 0 Å². The molecule has 1 fully saturated rings. The molecule has 136 valence electrons. The number of para-hydroxylation sites is 1. The smallest absolute Gasteiger partial charge is 0.303 e. The highest BCUT2D eigenvalue weighted by Crippen LogP contribution is 2.26. The second-order valence-corrected chi connectivity index (χ2v) is 5.43. The van der Waals surface area contributed by atoms with Crippen LogP contribution in [0.2, 0.25) is 0 Å². The number of benzene rings is 1. The first-order chi connectivity index (χ1) is 11.9. The van der Waals surface area contributed by atoms with E-state index in [0.29, 0.717) is 5.75 Å². The van der Waals surface area contributed by atoms with Gasteiger partial charge >= 0.3 is 17.9 Å². The quantitative estimate of drug-likeness (QED) is 0.576.